The average Bonchev–Trinajstić information content (AvgIpc) is 2.95. The molecule has 1 atom stereocenters. The molecular formula is C32H35NO6. The summed E-state index contributed by atoms with van der Waals surface area (Å²) in [4.78, 5) is 23.5. The van der Waals surface area contributed by atoms with Gasteiger partial charge in [0.15, 0.2) is 12.4 Å². The van der Waals surface area contributed by atoms with Crippen molar-refractivity contribution in [2.75, 3.05) is 19.8 Å². The standard InChI is InChI=1S/C32H35NO6/c1-3-36-32(35)23-39-28-15-13-26(14-16-28)27(21-33)12-8-5-9-19-37-31-20-29(17-18-30(31)24(2)34)38-22-25-10-6-4-7-11-25/h4,6-7,10-11,13-18,20,27H,3,5,8-9,12,19,22-23H2,1-2H3. The van der Waals surface area contributed by atoms with Crippen molar-refractivity contribution in [2.45, 2.75) is 52.1 Å². The maximum absolute atomic E-state index is 12.1. The lowest BCUT2D eigenvalue weighted by atomic mass is 9.94. The normalized spacial score (nSPS) is 11.2. The minimum atomic E-state index is -0.415. The largest absolute Gasteiger partial charge is 0.493 e. The van der Waals surface area contributed by atoms with Gasteiger partial charge in [-0.15, -0.1) is 0 Å². The number of Topliss-reactive ketones (excluding diaryl/α,β-unsaturated/α-hetero) is 1. The maximum Gasteiger partial charge on any atom is 0.344 e. The minimum Gasteiger partial charge on any atom is -0.493 e. The molecule has 0 radical (unpaired) electrons. The van der Waals surface area contributed by atoms with Crippen LogP contribution in [0.1, 0.15) is 66.9 Å². The Bertz CT molecular complexity index is 1230. The number of carbonyl (C=O) groups is 2. The number of ketones is 1. The van der Waals surface area contributed by atoms with Crippen LogP contribution in [-0.4, -0.2) is 31.6 Å². The van der Waals surface area contributed by atoms with Crippen LogP contribution in [-0.2, 0) is 16.1 Å². The monoisotopic (exact) mass is 529 g/mol. The van der Waals surface area contributed by atoms with Crippen LogP contribution >= 0.6 is 0 Å². The summed E-state index contributed by atoms with van der Waals surface area (Å²) in [5.41, 5.74) is 2.50. The highest BCUT2D eigenvalue weighted by Gasteiger charge is 2.13. The van der Waals surface area contributed by atoms with Crippen molar-refractivity contribution in [2.24, 2.45) is 0 Å². The average molecular weight is 530 g/mol. The summed E-state index contributed by atoms with van der Waals surface area (Å²) >= 11 is 0. The van der Waals surface area contributed by atoms with E-state index >= 15 is 0 Å². The molecule has 0 saturated heterocycles. The Balaban J connectivity index is 1.43. The first-order valence-electron chi connectivity index (χ1n) is 13.2. The van der Waals surface area contributed by atoms with Crippen molar-refractivity contribution in [3.8, 4) is 23.3 Å². The molecule has 1 unspecified atom stereocenters. The molecule has 0 aromatic heterocycles. The molecular weight excluding hydrogens is 494 g/mol. The van der Waals surface area contributed by atoms with Gasteiger partial charge in [0.2, 0.25) is 0 Å². The smallest absolute Gasteiger partial charge is 0.344 e. The van der Waals surface area contributed by atoms with Crippen LogP contribution in [0.25, 0.3) is 0 Å². The molecule has 0 saturated carbocycles. The number of benzene rings is 3. The summed E-state index contributed by atoms with van der Waals surface area (Å²) in [6.07, 6.45) is 3.27. The highest BCUT2D eigenvalue weighted by atomic mass is 16.6. The molecule has 3 aromatic carbocycles. The third kappa shape index (κ3) is 9.82. The van der Waals surface area contributed by atoms with E-state index < -0.39 is 5.97 Å². The second kappa shape index (κ2) is 15.8. The second-order valence-electron chi connectivity index (χ2n) is 9.03. The Morgan fingerprint density at radius 1 is 0.872 bits per heavy atom. The highest BCUT2D eigenvalue weighted by molar-refractivity contribution is 5.97. The quantitative estimate of drug-likeness (QED) is 0.116. The molecule has 7 heteroatoms. The van der Waals surface area contributed by atoms with Gasteiger partial charge < -0.3 is 18.9 Å². The van der Waals surface area contributed by atoms with Crippen molar-refractivity contribution in [1.82, 2.24) is 0 Å². The number of nitriles is 1. The summed E-state index contributed by atoms with van der Waals surface area (Å²) in [7, 11) is 0. The van der Waals surface area contributed by atoms with E-state index in [1.165, 1.54) is 6.92 Å². The van der Waals surface area contributed by atoms with Crippen LogP contribution in [0.4, 0.5) is 0 Å². The van der Waals surface area contributed by atoms with Gasteiger partial charge in [0, 0.05) is 6.07 Å². The fraction of sp³-hybridized carbons (Fsp3) is 0.344. The van der Waals surface area contributed by atoms with Gasteiger partial charge in [0.1, 0.15) is 23.9 Å². The first kappa shape index (κ1) is 29.2. The van der Waals surface area contributed by atoms with Gasteiger partial charge in [-0.2, -0.15) is 5.26 Å². The first-order chi connectivity index (χ1) is 19.0. The van der Waals surface area contributed by atoms with E-state index in [9.17, 15) is 14.9 Å². The third-order valence-corrected chi connectivity index (χ3v) is 6.08. The Kier molecular flexibility index (Phi) is 11.9. The molecule has 0 aliphatic heterocycles. The third-order valence-electron chi connectivity index (χ3n) is 6.08. The number of hydrogen-bond donors (Lipinski definition) is 0. The molecule has 0 fully saturated rings. The molecule has 0 aliphatic rings. The highest BCUT2D eigenvalue weighted by Crippen LogP contribution is 2.27. The Morgan fingerprint density at radius 2 is 1.62 bits per heavy atom. The summed E-state index contributed by atoms with van der Waals surface area (Å²) < 4.78 is 22.1. The minimum absolute atomic E-state index is 0.0613. The molecule has 7 nitrogen and oxygen atoms in total. The molecule has 0 N–H and O–H groups in total. The first-order valence-corrected chi connectivity index (χ1v) is 13.2. The van der Waals surface area contributed by atoms with E-state index in [4.69, 9.17) is 18.9 Å². The number of carbonyl (C=O) groups excluding carboxylic acids is 2. The Hall–Kier alpha value is -4.31. The van der Waals surface area contributed by atoms with E-state index in [2.05, 4.69) is 6.07 Å². The lowest BCUT2D eigenvalue weighted by Gasteiger charge is -2.13. The fourth-order valence-electron chi connectivity index (χ4n) is 4.00. The van der Waals surface area contributed by atoms with Crippen molar-refractivity contribution in [3.63, 3.8) is 0 Å². The molecule has 204 valence electrons. The number of nitrogens with zero attached hydrogens (tertiary/aromatic N) is 1. The molecule has 0 spiro atoms. The molecule has 0 amide bonds. The Morgan fingerprint density at radius 3 is 2.31 bits per heavy atom. The molecule has 0 aliphatic carbocycles. The summed E-state index contributed by atoms with van der Waals surface area (Å²) in [6, 6.07) is 24.8. The van der Waals surface area contributed by atoms with Crippen molar-refractivity contribution in [3.05, 3.63) is 89.5 Å². The van der Waals surface area contributed by atoms with Crippen LogP contribution < -0.4 is 14.2 Å². The van der Waals surface area contributed by atoms with Gasteiger partial charge in [-0.25, -0.2) is 4.79 Å². The number of rotatable bonds is 16. The molecule has 39 heavy (non-hydrogen) atoms. The lowest BCUT2D eigenvalue weighted by molar-refractivity contribution is -0.145. The van der Waals surface area contributed by atoms with Crippen molar-refractivity contribution >= 4 is 11.8 Å². The predicted molar refractivity (Wildman–Crippen MR) is 148 cm³/mol. The van der Waals surface area contributed by atoms with Gasteiger partial charge in [-0.05, 0) is 62.1 Å². The zero-order chi connectivity index (χ0) is 27.9. The number of unbranched alkanes of at least 4 members (excludes halogenated alkanes) is 2. The Labute approximate surface area is 230 Å². The van der Waals surface area contributed by atoms with Crippen LogP contribution in [0.15, 0.2) is 72.8 Å². The molecule has 3 aromatic rings. The zero-order valence-electron chi connectivity index (χ0n) is 22.6. The van der Waals surface area contributed by atoms with Crippen LogP contribution in [0.3, 0.4) is 0 Å². The number of ether oxygens (including phenoxy) is 4. The topological polar surface area (TPSA) is 94.8 Å². The van der Waals surface area contributed by atoms with E-state index in [-0.39, 0.29) is 18.3 Å². The van der Waals surface area contributed by atoms with Gasteiger partial charge in [0.05, 0.1) is 30.8 Å². The van der Waals surface area contributed by atoms with Crippen LogP contribution in [0.2, 0.25) is 0 Å². The van der Waals surface area contributed by atoms with Crippen LogP contribution in [0, 0.1) is 11.3 Å². The zero-order valence-corrected chi connectivity index (χ0v) is 22.6. The predicted octanol–water partition coefficient (Wildman–Crippen LogP) is 6.66. The summed E-state index contributed by atoms with van der Waals surface area (Å²) in [6.45, 7) is 4.33. The summed E-state index contributed by atoms with van der Waals surface area (Å²) in [5.74, 6) is 1.02. The van der Waals surface area contributed by atoms with Gasteiger partial charge >= 0.3 is 5.97 Å². The molecule has 0 bridgehead atoms. The van der Waals surface area contributed by atoms with E-state index in [1.807, 2.05) is 42.5 Å². The fourth-order valence-corrected chi connectivity index (χ4v) is 4.00. The van der Waals surface area contributed by atoms with Gasteiger partial charge in [-0.1, -0.05) is 55.3 Å². The van der Waals surface area contributed by atoms with Crippen molar-refractivity contribution in [1.29, 1.82) is 5.26 Å². The second-order valence-corrected chi connectivity index (χ2v) is 9.03. The van der Waals surface area contributed by atoms with E-state index in [0.717, 1.165) is 36.8 Å². The van der Waals surface area contributed by atoms with Crippen LogP contribution in [0.5, 0.6) is 17.2 Å². The lowest BCUT2D eigenvalue weighted by Crippen LogP contribution is -2.14. The van der Waals surface area contributed by atoms with Crippen molar-refractivity contribution < 1.29 is 28.5 Å². The van der Waals surface area contributed by atoms with Gasteiger partial charge in [-0.3, -0.25) is 4.79 Å². The van der Waals surface area contributed by atoms with E-state index in [1.54, 1.807) is 37.3 Å². The SMILES string of the molecule is CCOC(=O)COc1ccc(C(C#N)CCCCCOc2cc(OCc3ccccc3)ccc2C(C)=O)cc1. The van der Waals surface area contributed by atoms with E-state index in [0.29, 0.717) is 42.6 Å². The summed E-state index contributed by atoms with van der Waals surface area (Å²) in [5, 5.41) is 9.65. The maximum atomic E-state index is 12.1. The number of esters is 1. The van der Waals surface area contributed by atoms with Gasteiger partial charge in [0.25, 0.3) is 0 Å². The molecule has 3 rings (SSSR count). The number of hydrogen-bond acceptors (Lipinski definition) is 7. The molecule has 0 heterocycles.